The highest BCUT2D eigenvalue weighted by atomic mass is 14.8. The molecule has 0 unspecified atom stereocenters. The molecule has 0 bridgehead atoms. The topological polar surface area (TPSA) is 24.7 Å². The van der Waals surface area contributed by atoms with Crippen LogP contribution in [0.25, 0.3) is 0 Å². The molecule has 78 valence electrons. The predicted molar refractivity (Wildman–Crippen MR) is 69.4 cm³/mol. The zero-order chi connectivity index (χ0) is 11.5. The molecule has 0 saturated carbocycles. The third-order valence-electron chi connectivity index (χ3n) is 1.45. The summed E-state index contributed by atoms with van der Waals surface area (Å²) < 4.78 is 0. The quantitative estimate of drug-likeness (QED) is 0.463. The second-order valence-corrected chi connectivity index (χ2v) is 2.49. The van der Waals surface area contributed by atoms with Gasteiger partial charge in [-0.25, -0.2) is 0 Å². The van der Waals surface area contributed by atoms with Crippen molar-refractivity contribution in [3.63, 3.8) is 0 Å². The third kappa shape index (κ3) is 5.37. The first-order valence-electron chi connectivity index (χ1n) is 4.59. The van der Waals surface area contributed by atoms with Crippen LogP contribution in [0.1, 0.15) is 6.92 Å². The summed E-state index contributed by atoms with van der Waals surface area (Å²) in [7, 11) is 0. The number of allylic oxidation sites excluding steroid dienone is 5. The summed E-state index contributed by atoms with van der Waals surface area (Å²) in [6.45, 7) is 12.7. The molecule has 0 N–H and O–H groups in total. The Bertz CT molecular complexity index is 342. The van der Waals surface area contributed by atoms with E-state index in [4.69, 9.17) is 0 Å². The van der Waals surface area contributed by atoms with Crippen LogP contribution >= 0.6 is 0 Å². The zero-order valence-electron chi connectivity index (χ0n) is 9.06. The molecule has 0 atom stereocenters. The molecule has 2 nitrogen and oxygen atoms in total. The Morgan fingerprint density at radius 2 is 1.40 bits per heavy atom. The van der Waals surface area contributed by atoms with E-state index in [0.29, 0.717) is 0 Å². The van der Waals surface area contributed by atoms with Crippen molar-refractivity contribution in [2.24, 2.45) is 9.98 Å². The van der Waals surface area contributed by atoms with Crippen molar-refractivity contribution >= 4 is 12.4 Å². The minimum atomic E-state index is 0.741. The lowest BCUT2D eigenvalue weighted by Crippen LogP contribution is -1.84. The van der Waals surface area contributed by atoms with Gasteiger partial charge in [0.05, 0.1) is 11.4 Å². The molecule has 0 aromatic heterocycles. The largest absolute Gasteiger partial charge is 0.255 e. The van der Waals surface area contributed by atoms with E-state index in [1.54, 1.807) is 36.7 Å². The van der Waals surface area contributed by atoms with Gasteiger partial charge in [-0.3, -0.25) is 9.98 Å². The number of hydrogen-bond donors (Lipinski definition) is 0. The molecular formula is C13H16N2. The molecule has 0 saturated heterocycles. The number of rotatable bonds is 6. The molecule has 0 radical (unpaired) electrons. The molecule has 0 aromatic carbocycles. The maximum atomic E-state index is 4.19. The fourth-order valence-corrected chi connectivity index (χ4v) is 0.861. The van der Waals surface area contributed by atoms with Gasteiger partial charge in [-0.15, -0.1) is 0 Å². The summed E-state index contributed by atoms with van der Waals surface area (Å²) in [5.74, 6) is 0. The van der Waals surface area contributed by atoms with E-state index < -0.39 is 0 Å². The van der Waals surface area contributed by atoms with Crippen molar-refractivity contribution in [1.82, 2.24) is 0 Å². The Labute approximate surface area is 91.5 Å². The Hall–Kier alpha value is -1.96. The van der Waals surface area contributed by atoms with Gasteiger partial charge in [0.25, 0.3) is 0 Å². The second kappa shape index (κ2) is 8.63. The highest BCUT2D eigenvalue weighted by Crippen LogP contribution is 2.12. The Kier molecular flexibility index (Phi) is 7.50. The zero-order valence-corrected chi connectivity index (χ0v) is 9.06. The molecule has 0 amide bonds. The fourth-order valence-electron chi connectivity index (χ4n) is 0.861. The monoisotopic (exact) mass is 200 g/mol. The first kappa shape index (κ1) is 13.0. The Balaban J connectivity index is 5.04. The summed E-state index contributed by atoms with van der Waals surface area (Å²) in [6.07, 6.45) is 11.8. The average molecular weight is 200 g/mol. The highest BCUT2D eigenvalue weighted by molar-refractivity contribution is 5.74. The van der Waals surface area contributed by atoms with Crippen LogP contribution < -0.4 is 0 Å². The van der Waals surface area contributed by atoms with Crippen LogP contribution in [0.5, 0.6) is 0 Å². The summed E-state index contributed by atoms with van der Waals surface area (Å²) in [6, 6.07) is 0. The highest BCUT2D eigenvalue weighted by Gasteiger charge is 1.97. The van der Waals surface area contributed by atoms with Gasteiger partial charge in [0.2, 0.25) is 0 Å². The first-order valence-corrected chi connectivity index (χ1v) is 4.59. The maximum Gasteiger partial charge on any atom is 0.0882 e. The van der Waals surface area contributed by atoms with Gasteiger partial charge in [-0.2, -0.15) is 0 Å². The van der Waals surface area contributed by atoms with Crippen molar-refractivity contribution in [3.8, 4) is 0 Å². The maximum absolute atomic E-state index is 4.19. The predicted octanol–water partition coefficient (Wildman–Crippen LogP) is 3.47. The Morgan fingerprint density at radius 1 is 0.867 bits per heavy atom. The van der Waals surface area contributed by atoms with Crippen LogP contribution in [-0.2, 0) is 0 Å². The van der Waals surface area contributed by atoms with Gasteiger partial charge in [0.15, 0.2) is 0 Å². The third-order valence-corrected chi connectivity index (χ3v) is 1.45. The molecular weight excluding hydrogens is 184 g/mol. The van der Waals surface area contributed by atoms with Crippen LogP contribution in [0, 0.1) is 0 Å². The standard InChI is InChI=1S/C13H16N2/c1-5-9-13(15-11-7-3)12(8-4)14-10-6-2/h5-11H,1-3H2,4H3/b12-8-,13-9-,14-10-,15-11-. The molecule has 0 aliphatic heterocycles. The molecule has 0 fully saturated rings. The fraction of sp³-hybridized carbons (Fsp3) is 0.0769. The van der Waals surface area contributed by atoms with Crippen LogP contribution in [0.3, 0.4) is 0 Å². The summed E-state index contributed by atoms with van der Waals surface area (Å²) in [4.78, 5) is 8.37. The lowest BCUT2D eigenvalue weighted by Gasteiger charge is -1.99. The van der Waals surface area contributed by atoms with E-state index in [0.717, 1.165) is 11.4 Å². The van der Waals surface area contributed by atoms with Gasteiger partial charge in [0.1, 0.15) is 0 Å². The number of nitrogens with zero attached hydrogens (tertiary/aromatic N) is 2. The van der Waals surface area contributed by atoms with Gasteiger partial charge < -0.3 is 0 Å². The molecule has 0 aromatic rings. The normalized spacial score (nSPS) is 13.4. The molecule has 15 heavy (non-hydrogen) atoms. The van der Waals surface area contributed by atoms with Crippen LogP contribution in [-0.4, -0.2) is 12.4 Å². The molecule has 0 heterocycles. The van der Waals surface area contributed by atoms with Gasteiger partial charge in [0, 0.05) is 12.4 Å². The summed E-state index contributed by atoms with van der Waals surface area (Å²) >= 11 is 0. The molecule has 0 rings (SSSR count). The lowest BCUT2D eigenvalue weighted by molar-refractivity contribution is 1.24. The van der Waals surface area contributed by atoms with E-state index in [2.05, 4.69) is 29.7 Å². The van der Waals surface area contributed by atoms with E-state index in [-0.39, 0.29) is 0 Å². The van der Waals surface area contributed by atoms with E-state index in [9.17, 15) is 0 Å². The summed E-state index contributed by atoms with van der Waals surface area (Å²) in [5.41, 5.74) is 1.51. The van der Waals surface area contributed by atoms with E-state index >= 15 is 0 Å². The SMILES string of the molecule is C=C\C=N/C(=C\C)C(=C/C=C)/N=C\C=C. The van der Waals surface area contributed by atoms with Gasteiger partial charge in [-0.1, -0.05) is 44.0 Å². The lowest BCUT2D eigenvalue weighted by atomic mass is 10.3. The van der Waals surface area contributed by atoms with E-state index in [1.165, 1.54) is 0 Å². The number of aliphatic imine (C=N–C) groups is 2. The average Bonchev–Trinajstić information content (AvgIpc) is 2.26. The van der Waals surface area contributed by atoms with Crippen LogP contribution in [0.15, 0.2) is 71.5 Å². The van der Waals surface area contributed by atoms with Gasteiger partial charge >= 0.3 is 0 Å². The van der Waals surface area contributed by atoms with Crippen LogP contribution in [0.2, 0.25) is 0 Å². The van der Waals surface area contributed by atoms with Crippen LogP contribution in [0.4, 0.5) is 0 Å². The molecule has 2 heteroatoms. The smallest absolute Gasteiger partial charge is 0.0882 e. The number of hydrogen-bond acceptors (Lipinski definition) is 2. The van der Waals surface area contributed by atoms with Crippen molar-refractivity contribution in [1.29, 1.82) is 0 Å². The van der Waals surface area contributed by atoms with Crippen molar-refractivity contribution in [3.05, 3.63) is 61.5 Å². The van der Waals surface area contributed by atoms with Gasteiger partial charge in [-0.05, 0) is 13.0 Å². The first-order chi connectivity index (χ1) is 7.29. The minimum Gasteiger partial charge on any atom is -0.255 e. The Morgan fingerprint density at radius 3 is 1.80 bits per heavy atom. The molecule has 0 aliphatic rings. The van der Waals surface area contributed by atoms with Crippen molar-refractivity contribution in [2.75, 3.05) is 0 Å². The second-order valence-electron chi connectivity index (χ2n) is 2.49. The minimum absolute atomic E-state index is 0.741. The molecule has 0 spiro atoms. The van der Waals surface area contributed by atoms with E-state index in [1.807, 2.05) is 13.0 Å². The van der Waals surface area contributed by atoms with Crippen molar-refractivity contribution in [2.45, 2.75) is 6.92 Å². The summed E-state index contributed by atoms with van der Waals surface area (Å²) in [5, 5.41) is 0. The van der Waals surface area contributed by atoms with Crippen molar-refractivity contribution < 1.29 is 0 Å². The molecule has 0 aliphatic carbocycles.